The fourth-order valence-electron chi connectivity index (χ4n) is 2.35. The monoisotopic (exact) mass is 290 g/mol. The third-order valence-corrected chi connectivity index (χ3v) is 3.73. The lowest BCUT2D eigenvalue weighted by Crippen LogP contribution is -2.43. The van der Waals surface area contributed by atoms with Crippen LogP contribution in [0.1, 0.15) is 23.3 Å². The zero-order valence-electron chi connectivity index (χ0n) is 12.2. The summed E-state index contributed by atoms with van der Waals surface area (Å²) in [5.74, 6) is -0.138. The van der Waals surface area contributed by atoms with Crippen molar-refractivity contribution in [2.75, 3.05) is 44.2 Å². The van der Waals surface area contributed by atoms with E-state index in [9.17, 15) is 4.79 Å². The van der Waals surface area contributed by atoms with Crippen molar-refractivity contribution >= 4 is 11.6 Å². The predicted octanol–water partition coefficient (Wildman–Crippen LogP) is 0.400. The Morgan fingerprint density at radius 2 is 2.19 bits per heavy atom. The average Bonchev–Trinajstić information content (AvgIpc) is 3.37. The van der Waals surface area contributed by atoms with Gasteiger partial charge in [-0.1, -0.05) is 0 Å². The maximum Gasteiger partial charge on any atom is 0.269 e. The van der Waals surface area contributed by atoms with Crippen molar-refractivity contribution in [2.45, 2.75) is 18.9 Å². The van der Waals surface area contributed by atoms with Gasteiger partial charge in [0.25, 0.3) is 5.91 Å². The summed E-state index contributed by atoms with van der Waals surface area (Å²) in [5, 5.41) is 6.15. The van der Waals surface area contributed by atoms with Crippen LogP contribution in [-0.4, -0.2) is 56.3 Å². The van der Waals surface area contributed by atoms with Gasteiger partial charge in [0.1, 0.15) is 5.69 Å². The molecule has 2 heterocycles. The number of hydrogen-bond donors (Lipinski definition) is 2. The number of piperazine rings is 1. The maximum atomic E-state index is 11.9. The minimum atomic E-state index is -0.138. The molecule has 2 aliphatic rings. The number of amides is 1. The molecule has 1 saturated carbocycles. The summed E-state index contributed by atoms with van der Waals surface area (Å²) >= 11 is 0. The van der Waals surface area contributed by atoms with Crippen LogP contribution < -0.4 is 15.5 Å². The quantitative estimate of drug-likeness (QED) is 0.742. The van der Waals surface area contributed by atoms with Crippen molar-refractivity contribution in [3.8, 4) is 0 Å². The molecule has 21 heavy (non-hydrogen) atoms. The first-order valence-electron chi connectivity index (χ1n) is 7.64. The number of anilines is 1. The first-order valence-corrected chi connectivity index (χ1v) is 7.64. The van der Waals surface area contributed by atoms with Crippen molar-refractivity contribution in [3.05, 3.63) is 24.0 Å². The third-order valence-electron chi connectivity index (χ3n) is 3.73. The molecule has 1 saturated heterocycles. The predicted molar refractivity (Wildman–Crippen MR) is 80.6 cm³/mol. The second-order valence-electron chi connectivity index (χ2n) is 5.46. The van der Waals surface area contributed by atoms with Crippen LogP contribution in [0.4, 0.5) is 5.69 Å². The molecule has 1 aliphatic heterocycles. The molecule has 1 aromatic heterocycles. The summed E-state index contributed by atoms with van der Waals surface area (Å²) in [6.07, 6.45) is 4.52. The van der Waals surface area contributed by atoms with E-state index in [2.05, 4.69) is 20.5 Å². The van der Waals surface area contributed by atoms with Gasteiger partial charge in [-0.25, -0.2) is 4.98 Å². The number of aromatic nitrogens is 1. The highest BCUT2D eigenvalue weighted by Crippen LogP contribution is 2.22. The van der Waals surface area contributed by atoms with E-state index in [1.165, 1.54) is 0 Å². The first kappa shape index (κ1) is 14.3. The molecule has 0 radical (unpaired) electrons. The van der Waals surface area contributed by atoms with Gasteiger partial charge < -0.3 is 20.3 Å². The minimum Gasteiger partial charge on any atom is -0.376 e. The van der Waals surface area contributed by atoms with Gasteiger partial charge in [0, 0.05) is 32.7 Å². The van der Waals surface area contributed by atoms with E-state index in [-0.39, 0.29) is 5.91 Å². The normalized spacial score (nSPS) is 18.6. The number of ether oxygens (including phenoxy) is 1. The molecule has 0 aromatic carbocycles. The van der Waals surface area contributed by atoms with Gasteiger partial charge in [-0.2, -0.15) is 0 Å². The molecule has 3 rings (SSSR count). The highest BCUT2D eigenvalue weighted by atomic mass is 16.5. The summed E-state index contributed by atoms with van der Waals surface area (Å²) < 4.78 is 5.49. The molecule has 6 heteroatoms. The highest BCUT2D eigenvalue weighted by Gasteiger charge is 2.21. The van der Waals surface area contributed by atoms with Crippen LogP contribution in [0.2, 0.25) is 0 Å². The van der Waals surface area contributed by atoms with Gasteiger partial charge in [-0.05, 0) is 25.0 Å². The second kappa shape index (κ2) is 6.87. The molecule has 2 N–H and O–H groups in total. The molecular weight excluding hydrogens is 268 g/mol. The molecule has 1 amide bonds. The van der Waals surface area contributed by atoms with E-state index in [1.54, 1.807) is 12.3 Å². The Kier molecular flexibility index (Phi) is 4.67. The van der Waals surface area contributed by atoms with Gasteiger partial charge in [-0.15, -0.1) is 0 Å². The van der Waals surface area contributed by atoms with E-state index in [4.69, 9.17) is 4.74 Å². The lowest BCUT2D eigenvalue weighted by atomic mass is 10.2. The fraction of sp³-hybridized carbons (Fsp3) is 0.600. The number of nitrogens with zero attached hydrogens (tertiary/aromatic N) is 2. The molecule has 0 unspecified atom stereocenters. The van der Waals surface area contributed by atoms with E-state index in [1.807, 2.05) is 6.07 Å². The van der Waals surface area contributed by atoms with E-state index in [0.29, 0.717) is 24.9 Å². The van der Waals surface area contributed by atoms with Gasteiger partial charge in [0.15, 0.2) is 0 Å². The van der Waals surface area contributed by atoms with Crippen molar-refractivity contribution in [1.82, 2.24) is 15.6 Å². The van der Waals surface area contributed by atoms with E-state index in [0.717, 1.165) is 44.7 Å². The summed E-state index contributed by atoms with van der Waals surface area (Å²) in [6.45, 7) is 5.05. The van der Waals surface area contributed by atoms with Gasteiger partial charge in [0.05, 0.1) is 24.6 Å². The minimum absolute atomic E-state index is 0.138. The molecule has 6 nitrogen and oxygen atoms in total. The molecule has 0 spiro atoms. The topological polar surface area (TPSA) is 66.5 Å². The lowest BCUT2D eigenvalue weighted by Gasteiger charge is -2.29. The zero-order chi connectivity index (χ0) is 14.5. The van der Waals surface area contributed by atoms with E-state index >= 15 is 0 Å². The molecule has 0 atom stereocenters. The Hall–Kier alpha value is -1.66. The summed E-state index contributed by atoms with van der Waals surface area (Å²) in [6, 6.07) is 3.75. The van der Waals surface area contributed by atoms with Gasteiger partial charge in [0.2, 0.25) is 0 Å². The Bertz CT molecular complexity index is 467. The van der Waals surface area contributed by atoms with E-state index < -0.39 is 0 Å². The fourth-order valence-corrected chi connectivity index (χ4v) is 2.35. The van der Waals surface area contributed by atoms with Crippen LogP contribution in [0.15, 0.2) is 18.3 Å². The maximum absolute atomic E-state index is 11.9. The number of hydrogen-bond acceptors (Lipinski definition) is 5. The first-order chi connectivity index (χ1) is 10.3. The standard InChI is InChI=1S/C15H22N4O2/c20-15(17-7-10-21-13-2-3-13)14-4-1-12(11-18-14)19-8-5-16-6-9-19/h1,4,11,13,16H,2-3,5-10H2,(H,17,20). The van der Waals surface area contributed by atoms with Crippen molar-refractivity contribution < 1.29 is 9.53 Å². The average molecular weight is 290 g/mol. The lowest BCUT2D eigenvalue weighted by molar-refractivity contribution is 0.0894. The van der Waals surface area contributed by atoms with Crippen LogP contribution in [-0.2, 0) is 4.74 Å². The van der Waals surface area contributed by atoms with Crippen molar-refractivity contribution in [3.63, 3.8) is 0 Å². The molecule has 1 aromatic rings. The Labute approximate surface area is 124 Å². The molecule has 1 aliphatic carbocycles. The van der Waals surface area contributed by atoms with Gasteiger partial charge in [-0.3, -0.25) is 4.79 Å². The number of carbonyl (C=O) groups is 1. The van der Waals surface area contributed by atoms with Crippen LogP contribution in [0.25, 0.3) is 0 Å². The van der Waals surface area contributed by atoms with Crippen LogP contribution in [0, 0.1) is 0 Å². The Morgan fingerprint density at radius 1 is 1.38 bits per heavy atom. The molecule has 0 bridgehead atoms. The Balaban J connectivity index is 1.46. The third kappa shape index (κ3) is 4.15. The van der Waals surface area contributed by atoms with Crippen molar-refractivity contribution in [2.24, 2.45) is 0 Å². The number of carbonyl (C=O) groups excluding carboxylic acids is 1. The summed E-state index contributed by atoms with van der Waals surface area (Å²) in [4.78, 5) is 18.5. The smallest absolute Gasteiger partial charge is 0.269 e. The van der Waals surface area contributed by atoms with Crippen LogP contribution in [0.3, 0.4) is 0 Å². The zero-order valence-corrected chi connectivity index (χ0v) is 12.2. The number of pyridine rings is 1. The molecule has 114 valence electrons. The van der Waals surface area contributed by atoms with Crippen molar-refractivity contribution in [1.29, 1.82) is 0 Å². The van der Waals surface area contributed by atoms with Crippen LogP contribution in [0.5, 0.6) is 0 Å². The molecule has 2 fully saturated rings. The SMILES string of the molecule is O=C(NCCOC1CC1)c1ccc(N2CCNCC2)cn1. The van der Waals surface area contributed by atoms with Gasteiger partial charge >= 0.3 is 0 Å². The second-order valence-corrected chi connectivity index (χ2v) is 5.46. The summed E-state index contributed by atoms with van der Waals surface area (Å²) in [7, 11) is 0. The highest BCUT2D eigenvalue weighted by molar-refractivity contribution is 5.92. The number of nitrogens with one attached hydrogen (secondary N) is 2. The Morgan fingerprint density at radius 3 is 2.86 bits per heavy atom. The molecular formula is C15H22N4O2. The van der Waals surface area contributed by atoms with Crippen LogP contribution >= 0.6 is 0 Å². The summed E-state index contributed by atoms with van der Waals surface area (Å²) in [5.41, 5.74) is 1.53. The largest absolute Gasteiger partial charge is 0.376 e. The number of rotatable bonds is 6.